The van der Waals surface area contributed by atoms with Crippen LogP contribution in [0, 0.1) is 6.92 Å². The minimum Gasteiger partial charge on any atom is -0.497 e. The van der Waals surface area contributed by atoms with E-state index in [0.29, 0.717) is 11.3 Å². The van der Waals surface area contributed by atoms with Crippen molar-refractivity contribution in [1.29, 1.82) is 0 Å². The average Bonchev–Trinajstić information content (AvgIpc) is 2.66. The van der Waals surface area contributed by atoms with E-state index in [2.05, 4.69) is 5.32 Å². The molecule has 0 saturated heterocycles. The van der Waals surface area contributed by atoms with Crippen molar-refractivity contribution in [3.63, 3.8) is 0 Å². The molecule has 140 valence electrons. The number of ether oxygens (including phenoxy) is 2. The van der Waals surface area contributed by atoms with Crippen molar-refractivity contribution >= 4 is 11.9 Å². The molecule has 1 N–H and O–H groups in total. The quantitative estimate of drug-likeness (QED) is 0.822. The molecule has 27 heavy (non-hydrogen) atoms. The molecule has 0 bridgehead atoms. The zero-order valence-electron chi connectivity index (χ0n) is 15.7. The number of nitrogens with one attached hydrogen (secondary N) is 1. The zero-order chi connectivity index (χ0) is 19.4. The Morgan fingerprint density at radius 1 is 1.11 bits per heavy atom. The largest absolute Gasteiger partial charge is 0.497 e. The molecule has 0 fully saturated rings. The number of amides is 1. The van der Waals surface area contributed by atoms with Crippen LogP contribution in [0.5, 0.6) is 5.75 Å². The highest BCUT2D eigenvalue weighted by Crippen LogP contribution is 2.35. The normalized spacial score (nSPS) is 16.7. The lowest BCUT2D eigenvalue weighted by Gasteiger charge is -2.27. The summed E-state index contributed by atoms with van der Waals surface area (Å²) in [7, 11) is 1.60. The third-order valence-corrected chi connectivity index (χ3v) is 4.78. The van der Waals surface area contributed by atoms with Crippen LogP contribution in [0.25, 0.3) is 0 Å². The molecule has 0 radical (unpaired) electrons. The number of aryl methyl sites for hydroxylation is 1. The molecular weight excluding hydrogens is 342 g/mol. The highest BCUT2D eigenvalue weighted by atomic mass is 16.5. The van der Waals surface area contributed by atoms with Gasteiger partial charge in [0.15, 0.2) is 0 Å². The van der Waals surface area contributed by atoms with Gasteiger partial charge in [0.25, 0.3) is 0 Å². The number of carbonyl (C=O) groups is 2. The molecule has 5 heteroatoms. The maximum absolute atomic E-state index is 12.9. The van der Waals surface area contributed by atoms with Crippen LogP contribution in [-0.2, 0) is 20.9 Å². The van der Waals surface area contributed by atoms with Gasteiger partial charge >= 0.3 is 5.97 Å². The Morgan fingerprint density at radius 3 is 2.48 bits per heavy atom. The summed E-state index contributed by atoms with van der Waals surface area (Å²) < 4.78 is 10.7. The maximum atomic E-state index is 12.9. The van der Waals surface area contributed by atoms with Crippen molar-refractivity contribution in [3.8, 4) is 5.75 Å². The van der Waals surface area contributed by atoms with Gasteiger partial charge in [-0.25, -0.2) is 4.79 Å². The molecule has 1 aliphatic heterocycles. The summed E-state index contributed by atoms with van der Waals surface area (Å²) in [4.78, 5) is 24.9. The number of methoxy groups -OCH3 is 1. The molecule has 0 spiro atoms. The molecule has 1 unspecified atom stereocenters. The van der Waals surface area contributed by atoms with E-state index in [1.54, 1.807) is 14.0 Å². The number of carbonyl (C=O) groups excluding carboxylic acids is 2. The first-order chi connectivity index (χ1) is 13.0. The number of hydrogen-bond acceptors (Lipinski definition) is 4. The summed E-state index contributed by atoms with van der Waals surface area (Å²) >= 11 is 0. The summed E-state index contributed by atoms with van der Waals surface area (Å²) in [5, 5.41) is 2.77. The van der Waals surface area contributed by atoms with Crippen LogP contribution in [-0.4, -0.2) is 19.0 Å². The van der Waals surface area contributed by atoms with Crippen LogP contribution >= 0.6 is 0 Å². The molecule has 1 amide bonds. The van der Waals surface area contributed by atoms with E-state index in [1.807, 2.05) is 55.5 Å². The molecule has 2 aromatic carbocycles. The third-order valence-electron chi connectivity index (χ3n) is 4.78. The molecule has 1 heterocycles. The highest BCUT2D eigenvalue weighted by molar-refractivity contribution is 5.95. The zero-order valence-corrected chi connectivity index (χ0v) is 15.7. The van der Waals surface area contributed by atoms with Crippen LogP contribution in [0.1, 0.15) is 36.0 Å². The van der Waals surface area contributed by atoms with Gasteiger partial charge in [0.05, 0.1) is 12.7 Å². The second kappa shape index (κ2) is 8.08. The third kappa shape index (κ3) is 4.19. The van der Waals surface area contributed by atoms with Crippen molar-refractivity contribution in [1.82, 2.24) is 5.32 Å². The van der Waals surface area contributed by atoms with Gasteiger partial charge in [0.2, 0.25) is 5.91 Å². The van der Waals surface area contributed by atoms with Crippen LogP contribution < -0.4 is 10.1 Å². The maximum Gasteiger partial charge on any atom is 0.336 e. The first-order valence-corrected chi connectivity index (χ1v) is 8.85. The lowest BCUT2D eigenvalue weighted by Crippen LogP contribution is -2.34. The van der Waals surface area contributed by atoms with E-state index in [0.717, 1.165) is 22.4 Å². The Kier molecular flexibility index (Phi) is 5.60. The Morgan fingerprint density at radius 2 is 1.81 bits per heavy atom. The molecule has 2 aromatic rings. The summed E-state index contributed by atoms with van der Waals surface area (Å²) in [5.74, 6) is -0.0504. The lowest BCUT2D eigenvalue weighted by molar-refractivity contribution is -0.141. The molecular formula is C22H23NO4. The Bertz CT molecular complexity index is 883. The summed E-state index contributed by atoms with van der Waals surface area (Å²) in [6.45, 7) is 3.89. The highest BCUT2D eigenvalue weighted by Gasteiger charge is 2.33. The van der Waals surface area contributed by atoms with Gasteiger partial charge in [-0.2, -0.15) is 0 Å². The predicted octanol–water partition coefficient (Wildman–Crippen LogP) is 3.62. The van der Waals surface area contributed by atoms with E-state index >= 15 is 0 Å². The van der Waals surface area contributed by atoms with Crippen molar-refractivity contribution in [2.75, 3.05) is 7.11 Å². The first kappa shape index (κ1) is 18.7. The molecule has 0 saturated carbocycles. The molecule has 0 aromatic heterocycles. The van der Waals surface area contributed by atoms with E-state index in [9.17, 15) is 9.59 Å². The van der Waals surface area contributed by atoms with Crippen LogP contribution in [0.3, 0.4) is 0 Å². The molecule has 1 aliphatic rings. The van der Waals surface area contributed by atoms with Gasteiger partial charge in [-0.3, -0.25) is 4.79 Å². The number of allylic oxidation sites excluding steroid dienone is 1. The van der Waals surface area contributed by atoms with Crippen LogP contribution in [0.4, 0.5) is 0 Å². The van der Waals surface area contributed by atoms with E-state index in [4.69, 9.17) is 9.47 Å². The molecule has 0 aliphatic carbocycles. The molecule has 5 nitrogen and oxygen atoms in total. The van der Waals surface area contributed by atoms with Crippen LogP contribution in [0.15, 0.2) is 59.8 Å². The standard InChI is InChI=1S/C22H23NO4/c1-14-6-4-5-7-18(14)19-12-20(24)23-15(2)21(19)22(25)27-13-16-8-10-17(26-3)11-9-16/h4-11,19H,12-13H2,1-3H3,(H,23,24). The van der Waals surface area contributed by atoms with Crippen molar-refractivity contribution in [2.24, 2.45) is 0 Å². The summed E-state index contributed by atoms with van der Waals surface area (Å²) in [5.41, 5.74) is 3.96. The number of hydrogen-bond donors (Lipinski definition) is 1. The predicted molar refractivity (Wildman–Crippen MR) is 102 cm³/mol. The second-order valence-electron chi connectivity index (χ2n) is 6.62. The summed E-state index contributed by atoms with van der Waals surface area (Å²) in [6, 6.07) is 15.2. The van der Waals surface area contributed by atoms with Gasteiger partial charge in [0, 0.05) is 18.0 Å². The molecule has 3 rings (SSSR count). The Labute approximate surface area is 159 Å². The lowest BCUT2D eigenvalue weighted by atomic mass is 9.82. The smallest absolute Gasteiger partial charge is 0.336 e. The number of rotatable bonds is 5. The minimum absolute atomic E-state index is 0.0903. The van der Waals surface area contributed by atoms with E-state index in [-0.39, 0.29) is 24.9 Å². The van der Waals surface area contributed by atoms with Crippen molar-refractivity contribution in [2.45, 2.75) is 32.8 Å². The average molecular weight is 365 g/mol. The van der Waals surface area contributed by atoms with Gasteiger partial charge in [-0.1, -0.05) is 36.4 Å². The monoisotopic (exact) mass is 365 g/mol. The van der Waals surface area contributed by atoms with Crippen molar-refractivity contribution in [3.05, 3.63) is 76.5 Å². The fourth-order valence-corrected chi connectivity index (χ4v) is 3.36. The van der Waals surface area contributed by atoms with Crippen LogP contribution in [0.2, 0.25) is 0 Å². The molecule has 1 atom stereocenters. The minimum atomic E-state index is -0.406. The van der Waals surface area contributed by atoms with Crippen molar-refractivity contribution < 1.29 is 19.1 Å². The second-order valence-corrected chi connectivity index (χ2v) is 6.62. The van der Waals surface area contributed by atoms with E-state index < -0.39 is 5.97 Å². The van der Waals surface area contributed by atoms with E-state index in [1.165, 1.54) is 0 Å². The van der Waals surface area contributed by atoms with Gasteiger partial charge in [-0.05, 0) is 42.7 Å². The SMILES string of the molecule is COc1ccc(COC(=O)C2=C(C)NC(=O)CC2c2ccccc2C)cc1. The Hall–Kier alpha value is -3.08. The first-order valence-electron chi connectivity index (χ1n) is 8.85. The topological polar surface area (TPSA) is 64.6 Å². The number of benzene rings is 2. The fraction of sp³-hybridized carbons (Fsp3) is 0.273. The van der Waals surface area contributed by atoms with Gasteiger partial charge < -0.3 is 14.8 Å². The van der Waals surface area contributed by atoms with Gasteiger partial charge in [-0.15, -0.1) is 0 Å². The summed E-state index contributed by atoms with van der Waals surface area (Å²) in [6.07, 6.45) is 0.231. The Balaban J connectivity index is 1.82. The van der Waals surface area contributed by atoms with Gasteiger partial charge in [0.1, 0.15) is 12.4 Å². The fourth-order valence-electron chi connectivity index (χ4n) is 3.36. The number of esters is 1.